The van der Waals surface area contributed by atoms with Gasteiger partial charge in [-0.3, -0.25) is 10.1 Å². The van der Waals surface area contributed by atoms with Crippen LogP contribution in [-0.2, 0) is 0 Å². The minimum absolute atomic E-state index is 0. The SMILES string of the molecule is O.O=C(O)N1CCN(c2n[nH]c(-c3ccc(Cl)cc3)c2-c2ccncc2)CC1. The molecule has 4 N–H and O–H groups in total. The van der Waals surface area contributed by atoms with Crippen molar-refractivity contribution in [2.45, 2.75) is 0 Å². The number of aromatic amines is 1. The van der Waals surface area contributed by atoms with Gasteiger partial charge in [-0.05, 0) is 29.8 Å². The number of hydrogen-bond acceptors (Lipinski definition) is 4. The van der Waals surface area contributed by atoms with Crippen LogP contribution in [0.15, 0.2) is 48.8 Å². The van der Waals surface area contributed by atoms with Crippen molar-refractivity contribution in [3.05, 3.63) is 53.8 Å². The molecule has 146 valence electrons. The van der Waals surface area contributed by atoms with Gasteiger partial charge in [0.05, 0.1) is 11.3 Å². The molecule has 0 saturated carbocycles. The number of carbonyl (C=O) groups is 1. The van der Waals surface area contributed by atoms with E-state index in [0.717, 1.165) is 28.2 Å². The second-order valence-corrected chi connectivity index (χ2v) is 6.73. The maximum absolute atomic E-state index is 11.2. The number of pyridine rings is 1. The van der Waals surface area contributed by atoms with Gasteiger partial charge in [0.2, 0.25) is 0 Å². The van der Waals surface area contributed by atoms with E-state index in [2.05, 4.69) is 20.1 Å². The van der Waals surface area contributed by atoms with E-state index in [1.807, 2.05) is 36.4 Å². The summed E-state index contributed by atoms with van der Waals surface area (Å²) in [6, 6.07) is 11.5. The Hall–Kier alpha value is -3.10. The molecule has 1 saturated heterocycles. The van der Waals surface area contributed by atoms with E-state index in [-0.39, 0.29) is 5.48 Å². The van der Waals surface area contributed by atoms with Crippen molar-refractivity contribution in [3.8, 4) is 22.4 Å². The molecule has 3 heterocycles. The van der Waals surface area contributed by atoms with Crippen LogP contribution in [0.5, 0.6) is 0 Å². The van der Waals surface area contributed by atoms with Gasteiger partial charge in [-0.1, -0.05) is 23.7 Å². The van der Waals surface area contributed by atoms with Crippen LogP contribution in [0.25, 0.3) is 22.4 Å². The topological polar surface area (TPSA) is 117 Å². The van der Waals surface area contributed by atoms with Gasteiger partial charge < -0.3 is 20.4 Å². The highest BCUT2D eigenvalue weighted by molar-refractivity contribution is 6.30. The van der Waals surface area contributed by atoms with Crippen molar-refractivity contribution in [1.82, 2.24) is 20.1 Å². The van der Waals surface area contributed by atoms with Crippen molar-refractivity contribution in [2.75, 3.05) is 31.1 Å². The number of hydrogen-bond donors (Lipinski definition) is 2. The predicted molar refractivity (Wildman–Crippen MR) is 108 cm³/mol. The molecule has 1 aliphatic rings. The zero-order valence-corrected chi connectivity index (χ0v) is 15.7. The minimum atomic E-state index is -0.882. The Bertz CT molecular complexity index is 938. The van der Waals surface area contributed by atoms with Crippen LogP contribution in [0.4, 0.5) is 10.6 Å². The molecule has 1 fully saturated rings. The molecule has 4 rings (SSSR count). The van der Waals surface area contributed by atoms with E-state index in [9.17, 15) is 9.90 Å². The lowest BCUT2D eigenvalue weighted by atomic mass is 10.0. The van der Waals surface area contributed by atoms with E-state index >= 15 is 0 Å². The van der Waals surface area contributed by atoms with Crippen molar-refractivity contribution < 1.29 is 15.4 Å². The molecular formula is C19H20ClN5O3. The number of anilines is 1. The number of carboxylic acid groups (broad SMARTS) is 1. The number of halogens is 1. The fourth-order valence-corrected chi connectivity index (χ4v) is 3.41. The third-order valence-corrected chi connectivity index (χ3v) is 4.95. The van der Waals surface area contributed by atoms with Gasteiger partial charge >= 0.3 is 6.09 Å². The Labute approximate surface area is 166 Å². The molecule has 1 amide bonds. The molecule has 9 heteroatoms. The Morgan fingerprint density at radius 2 is 1.64 bits per heavy atom. The average molecular weight is 402 g/mol. The molecule has 0 unspecified atom stereocenters. The third-order valence-electron chi connectivity index (χ3n) is 4.70. The molecule has 0 radical (unpaired) electrons. The maximum atomic E-state index is 11.2. The Kier molecular flexibility index (Phi) is 5.81. The number of aromatic nitrogens is 3. The molecule has 0 bridgehead atoms. The molecule has 0 spiro atoms. The number of benzene rings is 1. The van der Waals surface area contributed by atoms with Crippen LogP contribution in [0, 0.1) is 0 Å². The number of H-pyrrole nitrogens is 1. The van der Waals surface area contributed by atoms with Crippen LogP contribution in [0.2, 0.25) is 5.02 Å². The summed E-state index contributed by atoms with van der Waals surface area (Å²) in [6.07, 6.45) is 2.62. The lowest BCUT2D eigenvalue weighted by Gasteiger charge is -2.33. The first kappa shape index (κ1) is 19.7. The highest BCUT2D eigenvalue weighted by Gasteiger charge is 2.26. The second kappa shape index (κ2) is 8.28. The van der Waals surface area contributed by atoms with Gasteiger partial charge in [-0.25, -0.2) is 4.79 Å². The molecule has 3 aromatic rings. The van der Waals surface area contributed by atoms with Crippen LogP contribution in [0.1, 0.15) is 0 Å². The van der Waals surface area contributed by atoms with Crippen molar-refractivity contribution in [3.63, 3.8) is 0 Å². The fourth-order valence-electron chi connectivity index (χ4n) is 3.29. The van der Waals surface area contributed by atoms with Gasteiger partial charge in [-0.15, -0.1) is 0 Å². The summed E-state index contributed by atoms with van der Waals surface area (Å²) in [4.78, 5) is 18.8. The number of nitrogens with zero attached hydrogens (tertiary/aromatic N) is 4. The van der Waals surface area contributed by atoms with Gasteiger partial charge in [0.1, 0.15) is 0 Å². The molecule has 2 aromatic heterocycles. The summed E-state index contributed by atoms with van der Waals surface area (Å²) in [6.45, 7) is 2.09. The predicted octanol–water partition coefficient (Wildman–Crippen LogP) is 2.77. The second-order valence-electron chi connectivity index (χ2n) is 6.30. The molecule has 1 aromatic carbocycles. The minimum Gasteiger partial charge on any atom is -0.465 e. The molecular weight excluding hydrogens is 382 g/mol. The first-order valence-corrected chi connectivity index (χ1v) is 8.99. The van der Waals surface area contributed by atoms with Crippen LogP contribution in [0.3, 0.4) is 0 Å². The quantitative estimate of drug-likeness (QED) is 0.699. The summed E-state index contributed by atoms with van der Waals surface area (Å²) in [7, 11) is 0. The molecule has 0 atom stereocenters. The van der Waals surface area contributed by atoms with Gasteiger partial charge in [-0.2, -0.15) is 5.10 Å². The van der Waals surface area contributed by atoms with E-state index in [4.69, 9.17) is 11.6 Å². The van der Waals surface area contributed by atoms with Crippen molar-refractivity contribution in [1.29, 1.82) is 0 Å². The number of piperazine rings is 1. The van der Waals surface area contributed by atoms with Crippen LogP contribution in [-0.4, -0.2) is 62.9 Å². The number of rotatable bonds is 3. The van der Waals surface area contributed by atoms with E-state index in [0.29, 0.717) is 31.2 Å². The largest absolute Gasteiger partial charge is 0.465 e. The summed E-state index contributed by atoms with van der Waals surface area (Å²) in [5, 5.41) is 17.6. The van der Waals surface area contributed by atoms with Gasteiger partial charge in [0, 0.05) is 49.2 Å². The zero-order chi connectivity index (χ0) is 18.8. The third kappa shape index (κ3) is 3.78. The van der Waals surface area contributed by atoms with E-state index < -0.39 is 6.09 Å². The maximum Gasteiger partial charge on any atom is 0.407 e. The summed E-state index contributed by atoms with van der Waals surface area (Å²) >= 11 is 6.03. The molecule has 28 heavy (non-hydrogen) atoms. The van der Waals surface area contributed by atoms with Crippen molar-refractivity contribution >= 4 is 23.5 Å². The lowest BCUT2D eigenvalue weighted by Crippen LogP contribution is -2.48. The summed E-state index contributed by atoms with van der Waals surface area (Å²) in [5.41, 5.74) is 3.85. The average Bonchev–Trinajstić information content (AvgIpc) is 3.14. The fraction of sp³-hybridized carbons (Fsp3) is 0.211. The monoisotopic (exact) mass is 401 g/mol. The summed E-state index contributed by atoms with van der Waals surface area (Å²) in [5.74, 6) is 0.816. The smallest absolute Gasteiger partial charge is 0.407 e. The Morgan fingerprint density at radius 1 is 1.00 bits per heavy atom. The van der Waals surface area contributed by atoms with Crippen molar-refractivity contribution in [2.24, 2.45) is 0 Å². The first-order chi connectivity index (χ1) is 13.1. The Morgan fingerprint density at radius 3 is 2.25 bits per heavy atom. The normalized spacial score (nSPS) is 13.9. The summed E-state index contributed by atoms with van der Waals surface area (Å²) < 4.78 is 0. The van der Waals surface area contributed by atoms with Gasteiger partial charge in [0.25, 0.3) is 0 Å². The van der Waals surface area contributed by atoms with E-state index in [1.54, 1.807) is 12.4 Å². The van der Waals surface area contributed by atoms with Gasteiger partial charge in [0.15, 0.2) is 5.82 Å². The highest BCUT2D eigenvalue weighted by atomic mass is 35.5. The molecule has 0 aliphatic carbocycles. The molecule has 1 aliphatic heterocycles. The first-order valence-electron chi connectivity index (χ1n) is 8.61. The zero-order valence-electron chi connectivity index (χ0n) is 15.0. The lowest BCUT2D eigenvalue weighted by molar-refractivity contribution is 0.142. The number of nitrogens with one attached hydrogen (secondary N) is 1. The van der Waals surface area contributed by atoms with E-state index in [1.165, 1.54) is 4.90 Å². The highest BCUT2D eigenvalue weighted by Crippen LogP contribution is 2.38. The number of amides is 1. The van der Waals surface area contributed by atoms with Crippen LogP contribution < -0.4 is 4.90 Å². The van der Waals surface area contributed by atoms with Crippen LogP contribution >= 0.6 is 11.6 Å². The standard InChI is InChI=1S/C19H18ClN5O2.H2O/c20-15-3-1-14(2-4-15)17-16(13-5-7-21-8-6-13)18(23-22-17)24-9-11-25(12-10-24)19(26)27;/h1-8H,9-12H2,(H,22,23)(H,26,27);1H2. The Balaban J connectivity index is 0.00000225. The molecule has 8 nitrogen and oxygen atoms in total.